The van der Waals surface area contributed by atoms with Crippen LogP contribution in [-0.2, 0) is 22.4 Å². The highest BCUT2D eigenvalue weighted by molar-refractivity contribution is 7.99. The number of hydrogen-bond acceptors (Lipinski definition) is 7. The number of ether oxygens (including phenoxy) is 1. The van der Waals surface area contributed by atoms with Gasteiger partial charge >= 0.3 is 5.97 Å². The lowest BCUT2D eigenvalue weighted by Gasteiger charge is -2.24. The van der Waals surface area contributed by atoms with Crippen LogP contribution in [0.4, 0.5) is 5.00 Å². The topological polar surface area (TPSA) is 86.1 Å². The van der Waals surface area contributed by atoms with Crippen molar-refractivity contribution in [1.29, 1.82) is 0 Å². The number of thioether (sulfide) groups is 1. The van der Waals surface area contributed by atoms with Crippen molar-refractivity contribution >= 4 is 40.0 Å². The summed E-state index contributed by atoms with van der Waals surface area (Å²) < 4.78 is 7.43. The Kier molecular flexibility index (Phi) is 6.77. The number of nitrogens with zero attached hydrogens (tertiary/aromatic N) is 3. The van der Waals surface area contributed by atoms with Crippen molar-refractivity contribution in [1.82, 2.24) is 14.8 Å². The van der Waals surface area contributed by atoms with Crippen LogP contribution in [0.1, 0.15) is 78.1 Å². The summed E-state index contributed by atoms with van der Waals surface area (Å²) in [6, 6.07) is 0.426. The predicted octanol–water partition coefficient (Wildman–Crippen LogP) is 4.55. The third-order valence-electron chi connectivity index (χ3n) is 5.76. The van der Waals surface area contributed by atoms with Crippen LogP contribution in [0.2, 0.25) is 0 Å². The fourth-order valence-electron chi connectivity index (χ4n) is 4.41. The van der Waals surface area contributed by atoms with E-state index in [0.717, 1.165) is 48.6 Å². The number of aryl methyl sites for hydroxylation is 2. The van der Waals surface area contributed by atoms with Crippen LogP contribution >= 0.6 is 23.1 Å². The Labute approximate surface area is 185 Å². The van der Waals surface area contributed by atoms with Gasteiger partial charge in [0.05, 0.1) is 17.9 Å². The van der Waals surface area contributed by atoms with Crippen LogP contribution in [-0.4, -0.2) is 39.0 Å². The third kappa shape index (κ3) is 4.42. The molecule has 1 N–H and O–H groups in total. The van der Waals surface area contributed by atoms with Crippen molar-refractivity contribution in [2.45, 2.75) is 76.4 Å². The number of hydrogen-bond donors (Lipinski definition) is 1. The van der Waals surface area contributed by atoms with Crippen molar-refractivity contribution in [3.63, 3.8) is 0 Å². The molecule has 2 aromatic rings. The summed E-state index contributed by atoms with van der Waals surface area (Å²) in [5.74, 6) is 0.660. The van der Waals surface area contributed by atoms with Crippen molar-refractivity contribution in [3.8, 4) is 0 Å². The highest BCUT2D eigenvalue weighted by Crippen LogP contribution is 2.39. The second-order valence-electron chi connectivity index (χ2n) is 7.81. The largest absolute Gasteiger partial charge is 0.462 e. The van der Waals surface area contributed by atoms with Gasteiger partial charge in [0, 0.05) is 10.9 Å². The first kappa shape index (κ1) is 21.4. The molecule has 4 rings (SSSR count). The van der Waals surface area contributed by atoms with Gasteiger partial charge in [-0.15, -0.1) is 21.5 Å². The first-order valence-electron chi connectivity index (χ1n) is 10.7. The van der Waals surface area contributed by atoms with Gasteiger partial charge in [-0.1, -0.05) is 31.0 Å². The number of carbonyl (C=O) groups is 2. The van der Waals surface area contributed by atoms with Crippen molar-refractivity contribution in [3.05, 3.63) is 21.8 Å². The number of carbonyl (C=O) groups excluding carboxylic acids is 2. The van der Waals surface area contributed by atoms with E-state index in [1.807, 2.05) is 6.92 Å². The van der Waals surface area contributed by atoms with E-state index < -0.39 is 0 Å². The minimum Gasteiger partial charge on any atom is -0.462 e. The zero-order valence-electron chi connectivity index (χ0n) is 17.5. The molecular formula is C21H28N4O3S2. The van der Waals surface area contributed by atoms with E-state index >= 15 is 0 Å². The van der Waals surface area contributed by atoms with Crippen LogP contribution in [0, 0.1) is 6.92 Å². The van der Waals surface area contributed by atoms with Gasteiger partial charge in [0.15, 0.2) is 5.16 Å². The van der Waals surface area contributed by atoms with Gasteiger partial charge in [-0.2, -0.15) is 0 Å². The lowest BCUT2D eigenvalue weighted by Crippen LogP contribution is -2.18. The molecule has 30 heavy (non-hydrogen) atoms. The Hall–Kier alpha value is -1.87. The Balaban J connectivity index is 1.44. The van der Waals surface area contributed by atoms with E-state index in [1.165, 1.54) is 47.2 Å². The van der Waals surface area contributed by atoms with Crippen LogP contribution in [0.15, 0.2) is 5.16 Å². The lowest BCUT2D eigenvalue weighted by atomic mass is 9.95. The summed E-state index contributed by atoms with van der Waals surface area (Å²) >= 11 is 2.92. The fourth-order valence-corrected chi connectivity index (χ4v) is 6.56. The minimum atomic E-state index is -0.340. The summed E-state index contributed by atoms with van der Waals surface area (Å²) in [7, 11) is 0. The molecule has 1 saturated carbocycles. The van der Waals surface area contributed by atoms with Gasteiger partial charge in [-0.05, 0) is 51.5 Å². The SMILES string of the molecule is CCOC(=O)c1c(NC(=O)CSc2nnc(C)n2C2CCCCC2)sc2c1CCC2. The number of esters is 1. The quantitative estimate of drug-likeness (QED) is 0.494. The van der Waals surface area contributed by atoms with Gasteiger partial charge in [-0.25, -0.2) is 4.79 Å². The van der Waals surface area contributed by atoms with Gasteiger partial charge < -0.3 is 14.6 Å². The first-order chi connectivity index (χ1) is 14.6. The molecule has 0 radical (unpaired) electrons. The first-order valence-corrected chi connectivity index (χ1v) is 12.5. The summed E-state index contributed by atoms with van der Waals surface area (Å²) in [6.45, 7) is 4.09. The molecule has 0 saturated heterocycles. The summed E-state index contributed by atoms with van der Waals surface area (Å²) in [5.41, 5.74) is 1.60. The van der Waals surface area contributed by atoms with E-state index in [1.54, 1.807) is 6.92 Å². The molecule has 0 bridgehead atoms. The molecule has 2 aliphatic carbocycles. The maximum atomic E-state index is 12.7. The van der Waals surface area contributed by atoms with Gasteiger partial charge in [0.25, 0.3) is 0 Å². The van der Waals surface area contributed by atoms with Crippen LogP contribution in [0.25, 0.3) is 0 Å². The van der Waals surface area contributed by atoms with Gasteiger partial charge in [0.1, 0.15) is 10.8 Å². The number of amides is 1. The van der Waals surface area contributed by atoms with Gasteiger partial charge in [0.2, 0.25) is 5.91 Å². The Morgan fingerprint density at radius 3 is 2.77 bits per heavy atom. The molecule has 0 aliphatic heterocycles. The molecule has 2 aliphatic rings. The number of fused-ring (bicyclic) bond motifs is 1. The lowest BCUT2D eigenvalue weighted by molar-refractivity contribution is -0.113. The van der Waals surface area contributed by atoms with Crippen molar-refractivity contribution in [2.75, 3.05) is 17.7 Å². The molecule has 0 unspecified atom stereocenters. The molecule has 0 aromatic carbocycles. The molecule has 2 aromatic heterocycles. The number of thiophene rings is 1. The average Bonchev–Trinajstić information content (AvgIpc) is 3.41. The molecule has 7 nitrogen and oxygen atoms in total. The van der Waals surface area contributed by atoms with E-state index in [4.69, 9.17) is 4.74 Å². The summed E-state index contributed by atoms with van der Waals surface area (Å²) in [4.78, 5) is 26.4. The highest BCUT2D eigenvalue weighted by atomic mass is 32.2. The standard InChI is InChI=1S/C21H28N4O3S2/c1-3-28-20(27)18-15-10-7-11-16(15)30-19(18)22-17(26)12-29-21-24-23-13(2)25(21)14-8-5-4-6-9-14/h14H,3-12H2,1-2H3,(H,22,26). The second kappa shape index (κ2) is 9.51. The highest BCUT2D eigenvalue weighted by Gasteiger charge is 2.28. The third-order valence-corrected chi connectivity index (χ3v) is 7.91. The average molecular weight is 449 g/mol. The Morgan fingerprint density at radius 1 is 1.20 bits per heavy atom. The van der Waals surface area contributed by atoms with Crippen LogP contribution in [0.3, 0.4) is 0 Å². The van der Waals surface area contributed by atoms with E-state index in [2.05, 4.69) is 20.1 Å². The molecule has 2 heterocycles. The van der Waals surface area contributed by atoms with Crippen LogP contribution < -0.4 is 5.32 Å². The zero-order valence-corrected chi connectivity index (χ0v) is 19.2. The molecule has 1 amide bonds. The van der Waals surface area contributed by atoms with E-state index in [0.29, 0.717) is 23.2 Å². The zero-order chi connectivity index (χ0) is 21.1. The molecule has 0 spiro atoms. The molecule has 9 heteroatoms. The minimum absolute atomic E-state index is 0.138. The summed E-state index contributed by atoms with van der Waals surface area (Å²) in [5, 5.41) is 12.9. The molecule has 0 atom stereocenters. The molecule has 162 valence electrons. The Morgan fingerprint density at radius 2 is 2.00 bits per heavy atom. The molecule has 1 fully saturated rings. The van der Waals surface area contributed by atoms with E-state index in [-0.39, 0.29) is 17.6 Å². The molecular weight excluding hydrogens is 420 g/mol. The number of nitrogens with one attached hydrogen (secondary N) is 1. The monoisotopic (exact) mass is 448 g/mol. The van der Waals surface area contributed by atoms with E-state index in [9.17, 15) is 9.59 Å². The summed E-state index contributed by atoms with van der Waals surface area (Å²) in [6.07, 6.45) is 8.91. The fraction of sp³-hybridized carbons (Fsp3) is 0.619. The predicted molar refractivity (Wildman–Crippen MR) is 119 cm³/mol. The van der Waals surface area contributed by atoms with Crippen LogP contribution in [0.5, 0.6) is 0 Å². The second-order valence-corrected chi connectivity index (χ2v) is 9.86. The maximum Gasteiger partial charge on any atom is 0.341 e. The number of anilines is 1. The van der Waals surface area contributed by atoms with Crippen molar-refractivity contribution < 1.29 is 14.3 Å². The Bertz CT molecular complexity index is 931. The maximum absolute atomic E-state index is 12.7. The normalized spacial score (nSPS) is 16.5. The van der Waals surface area contributed by atoms with Crippen molar-refractivity contribution in [2.24, 2.45) is 0 Å². The smallest absolute Gasteiger partial charge is 0.341 e. The number of aromatic nitrogens is 3. The van der Waals surface area contributed by atoms with Gasteiger partial charge in [-0.3, -0.25) is 4.79 Å². The number of rotatable bonds is 7.